The van der Waals surface area contributed by atoms with Crippen molar-refractivity contribution in [3.8, 4) is 0 Å². The number of Topliss-reactive ketones (excluding diaryl/α,β-unsaturated/α-hetero) is 1. The second kappa shape index (κ2) is 8.97. The molecule has 1 amide bonds. The number of nitrogens with one attached hydrogen (secondary N) is 1. The van der Waals surface area contributed by atoms with E-state index in [9.17, 15) is 9.59 Å². The minimum atomic E-state index is -0.0952. The molecule has 0 aliphatic heterocycles. The Morgan fingerprint density at radius 2 is 1.78 bits per heavy atom. The zero-order valence-corrected chi connectivity index (χ0v) is 16.8. The van der Waals surface area contributed by atoms with E-state index < -0.39 is 0 Å². The van der Waals surface area contributed by atoms with Gasteiger partial charge in [-0.2, -0.15) is 0 Å². The zero-order chi connectivity index (χ0) is 19.2. The summed E-state index contributed by atoms with van der Waals surface area (Å²) in [6.07, 6.45) is 0.219. The molecule has 4 nitrogen and oxygen atoms in total. The maximum atomic E-state index is 12.3. The topological polar surface area (TPSA) is 59.1 Å². The zero-order valence-electron chi connectivity index (χ0n) is 15.2. The summed E-state index contributed by atoms with van der Waals surface area (Å²) in [6, 6.07) is 15.2. The Hall–Kier alpha value is -2.44. The number of carbonyl (C=O) groups excluding carboxylic acids is 2. The van der Waals surface area contributed by atoms with E-state index in [4.69, 9.17) is 0 Å². The van der Waals surface area contributed by atoms with Crippen LogP contribution in [0.25, 0.3) is 0 Å². The third-order valence-corrected chi connectivity index (χ3v) is 5.87. The van der Waals surface area contributed by atoms with Crippen LogP contribution >= 0.6 is 23.1 Å². The van der Waals surface area contributed by atoms with Crippen LogP contribution in [0.4, 0.5) is 5.69 Å². The predicted molar refractivity (Wildman–Crippen MR) is 112 cm³/mol. The van der Waals surface area contributed by atoms with Crippen molar-refractivity contribution in [2.75, 3.05) is 11.1 Å². The van der Waals surface area contributed by atoms with Crippen molar-refractivity contribution in [3.63, 3.8) is 0 Å². The Bertz CT molecular complexity index is 932. The highest BCUT2D eigenvalue weighted by Crippen LogP contribution is 2.24. The first-order chi connectivity index (χ1) is 13.0. The molecule has 6 heteroatoms. The monoisotopic (exact) mass is 396 g/mol. The number of hydrogen-bond acceptors (Lipinski definition) is 5. The Labute approximate surface area is 167 Å². The summed E-state index contributed by atoms with van der Waals surface area (Å²) in [5, 5.41) is 4.79. The van der Waals surface area contributed by atoms with Crippen LogP contribution in [0.1, 0.15) is 27.2 Å². The first kappa shape index (κ1) is 19.3. The van der Waals surface area contributed by atoms with Gasteiger partial charge in [0.15, 0.2) is 10.1 Å². The summed E-state index contributed by atoms with van der Waals surface area (Å²) < 4.78 is 0.800. The second-order valence-corrected chi connectivity index (χ2v) is 8.36. The fourth-order valence-electron chi connectivity index (χ4n) is 2.69. The van der Waals surface area contributed by atoms with E-state index in [0.29, 0.717) is 11.3 Å². The van der Waals surface area contributed by atoms with Gasteiger partial charge in [0.05, 0.1) is 17.9 Å². The van der Waals surface area contributed by atoms with Crippen LogP contribution in [0.5, 0.6) is 0 Å². The number of carbonyl (C=O) groups is 2. The lowest BCUT2D eigenvalue weighted by Crippen LogP contribution is -2.14. The summed E-state index contributed by atoms with van der Waals surface area (Å²) in [5.74, 6) is 0.318. The van der Waals surface area contributed by atoms with Gasteiger partial charge in [-0.15, -0.1) is 11.3 Å². The summed E-state index contributed by atoms with van der Waals surface area (Å²) in [6.45, 7) is 4.01. The molecule has 0 aliphatic rings. The number of anilines is 1. The summed E-state index contributed by atoms with van der Waals surface area (Å²) >= 11 is 2.86. The van der Waals surface area contributed by atoms with Gasteiger partial charge >= 0.3 is 0 Å². The Kier molecular flexibility index (Phi) is 6.42. The Balaban J connectivity index is 1.53. The molecule has 27 heavy (non-hydrogen) atoms. The van der Waals surface area contributed by atoms with Crippen LogP contribution in [-0.2, 0) is 11.2 Å². The minimum Gasteiger partial charge on any atom is -0.326 e. The van der Waals surface area contributed by atoms with Gasteiger partial charge in [0, 0.05) is 16.6 Å². The second-order valence-electron chi connectivity index (χ2n) is 6.28. The molecule has 1 heterocycles. The van der Waals surface area contributed by atoms with Gasteiger partial charge in [0.25, 0.3) is 0 Å². The summed E-state index contributed by atoms with van der Waals surface area (Å²) in [4.78, 5) is 28.9. The molecule has 0 radical (unpaired) electrons. The van der Waals surface area contributed by atoms with Crippen LogP contribution in [0.3, 0.4) is 0 Å². The van der Waals surface area contributed by atoms with Crippen molar-refractivity contribution in [2.24, 2.45) is 0 Å². The molecular formula is C21H20N2O2S2. The first-order valence-corrected chi connectivity index (χ1v) is 10.4. The molecule has 0 saturated carbocycles. The number of thiazole rings is 1. The normalized spacial score (nSPS) is 10.6. The highest BCUT2D eigenvalue weighted by molar-refractivity contribution is 8.01. The van der Waals surface area contributed by atoms with Crippen molar-refractivity contribution in [1.29, 1.82) is 0 Å². The summed E-state index contributed by atoms with van der Waals surface area (Å²) in [7, 11) is 0. The van der Waals surface area contributed by atoms with E-state index in [1.807, 2.05) is 61.7 Å². The SMILES string of the molecule is Cc1cc(C)cc(NC(=O)Cc2csc(SCC(=O)c3ccccc3)n2)c1. The average molecular weight is 397 g/mol. The van der Waals surface area contributed by atoms with Crippen molar-refractivity contribution < 1.29 is 9.59 Å². The predicted octanol–water partition coefficient (Wildman–Crippen LogP) is 4.92. The average Bonchev–Trinajstić information content (AvgIpc) is 3.06. The van der Waals surface area contributed by atoms with Gasteiger partial charge in [-0.05, 0) is 37.1 Å². The van der Waals surface area contributed by atoms with Crippen LogP contribution in [0.15, 0.2) is 58.3 Å². The van der Waals surface area contributed by atoms with E-state index >= 15 is 0 Å². The van der Waals surface area contributed by atoms with Gasteiger partial charge in [-0.25, -0.2) is 4.98 Å². The van der Waals surface area contributed by atoms with Crippen LogP contribution in [0.2, 0.25) is 0 Å². The van der Waals surface area contributed by atoms with Crippen LogP contribution in [0, 0.1) is 13.8 Å². The number of benzene rings is 2. The molecule has 1 N–H and O–H groups in total. The lowest BCUT2D eigenvalue weighted by Gasteiger charge is -2.06. The highest BCUT2D eigenvalue weighted by Gasteiger charge is 2.11. The van der Waals surface area contributed by atoms with E-state index in [0.717, 1.165) is 26.8 Å². The highest BCUT2D eigenvalue weighted by atomic mass is 32.2. The largest absolute Gasteiger partial charge is 0.326 e. The van der Waals surface area contributed by atoms with Crippen LogP contribution < -0.4 is 5.32 Å². The van der Waals surface area contributed by atoms with E-state index in [1.165, 1.54) is 23.1 Å². The van der Waals surface area contributed by atoms with Crippen molar-refractivity contribution >= 4 is 40.5 Å². The number of rotatable bonds is 7. The van der Waals surface area contributed by atoms with Crippen molar-refractivity contribution in [2.45, 2.75) is 24.6 Å². The third kappa shape index (κ3) is 5.77. The third-order valence-electron chi connectivity index (χ3n) is 3.80. The molecule has 0 unspecified atom stereocenters. The molecule has 3 rings (SSSR count). The molecule has 0 aliphatic carbocycles. The Morgan fingerprint density at radius 1 is 1.07 bits per heavy atom. The molecule has 1 aromatic heterocycles. The van der Waals surface area contributed by atoms with Crippen LogP contribution in [-0.4, -0.2) is 22.4 Å². The lowest BCUT2D eigenvalue weighted by atomic mass is 10.1. The number of aromatic nitrogens is 1. The number of ketones is 1. The number of hydrogen-bond donors (Lipinski definition) is 1. The maximum Gasteiger partial charge on any atom is 0.230 e. The van der Waals surface area contributed by atoms with E-state index in [1.54, 1.807) is 0 Å². The van der Waals surface area contributed by atoms with Gasteiger partial charge in [0.1, 0.15) is 0 Å². The number of amides is 1. The maximum absolute atomic E-state index is 12.3. The van der Waals surface area contributed by atoms with Gasteiger partial charge < -0.3 is 5.32 Å². The summed E-state index contributed by atoms with van der Waals surface area (Å²) in [5.41, 5.74) is 4.45. The molecule has 2 aromatic carbocycles. The molecule has 0 bridgehead atoms. The molecule has 3 aromatic rings. The number of nitrogens with zero attached hydrogens (tertiary/aromatic N) is 1. The quantitative estimate of drug-likeness (QED) is 0.455. The smallest absolute Gasteiger partial charge is 0.230 e. The number of thioether (sulfide) groups is 1. The van der Waals surface area contributed by atoms with E-state index in [-0.39, 0.29) is 18.1 Å². The molecule has 0 saturated heterocycles. The molecule has 138 valence electrons. The molecule has 0 atom stereocenters. The molecule has 0 fully saturated rings. The van der Waals surface area contributed by atoms with Gasteiger partial charge in [-0.1, -0.05) is 48.2 Å². The van der Waals surface area contributed by atoms with E-state index in [2.05, 4.69) is 16.4 Å². The van der Waals surface area contributed by atoms with Gasteiger partial charge in [-0.3, -0.25) is 9.59 Å². The fraction of sp³-hybridized carbons (Fsp3) is 0.190. The molecular weight excluding hydrogens is 376 g/mol. The lowest BCUT2D eigenvalue weighted by molar-refractivity contribution is -0.115. The molecule has 0 spiro atoms. The van der Waals surface area contributed by atoms with Crippen molar-refractivity contribution in [3.05, 3.63) is 76.3 Å². The first-order valence-electron chi connectivity index (χ1n) is 8.53. The Morgan fingerprint density at radius 3 is 2.48 bits per heavy atom. The standard InChI is InChI=1S/C21H20N2O2S2/c1-14-8-15(2)10-17(9-14)22-20(25)11-18-12-26-21(23-18)27-13-19(24)16-6-4-3-5-7-16/h3-10,12H,11,13H2,1-2H3,(H,22,25). The number of aryl methyl sites for hydroxylation is 2. The van der Waals surface area contributed by atoms with Crippen molar-refractivity contribution in [1.82, 2.24) is 4.98 Å². The minimum absolute atomic E-state index is 0.0740. The van der Waals surface area contributed by atoms with Gasteiger partial charge in [0.2, 0.25) is 5.91 Å². The fourth-order valence-corrected chi connectivity index (χ4v) is 4.43.